The van der Waals surface area contributed by atoms with Gasteiger partial charge < -0.3 is 4.52 Å². The topological polar surface area (TPSA) is 26.3 Å². The second-order valence-corrected chi connectivity index (χ2v) is 3.08. The lowest BCUT2D eigenvalue weighted by Gasteiger charge is -1.90. The van der Waals surface area contributed by atoms with Crippen molar-refractivity contribution in [2.24, 2.45) is 0 Å². The van der Waals surface area contributed by atoms with Crippen molar-refractivity contribution in [3.8, 4) is 0 Å². The molecule has 0 aromatic rings. The second kappa shape index (κ2) is 4.92. The van der Waals surface area contributed by atoms with Crippen LogP contribution in [-0.4, -0.2) is 11.7 Å². The van der Waals surface area contributed by atoms with Gasteiger partial charge in [0.25, 0.3) is 0 Å². The van der Waals surface area contributed by atoms with Gasteiger partial charge in [-0.15, -0.1) is 11.6 Å². The van der Waals surface area contributed by atoms with Gasteiger partial charge in [-0.2, -0.15) is 0 Å². The molecular formula is C2H5Cl2O2P. The summed E-state index contributed by atoms with van der Waals surface area (Å²) >= 11 is 10.1. The molecule has 0 saturated carbocycles. The van der Waals surface area contributed by atoms with Gasteiger partial charge in [0.15, 0.2) is 0 Å². The van der Waals surface area contributed by atoms with Gasteiger partial charge in [0, 0.05) is 0 Å². The van der Waals surface area contributed by atoms with E-state index in [0.29, 0.717) is 0 Å². The lowest BCUT2D eigenvalue weighted by atomic mass is 11.7. The first-order valence-corrected chi connectivity index (χ1v) is 4.18. The van der Waals surface area contributed by atoms with Crippen LogP contribution in [0.4, 0.5) is 0 Å². The highest BCUT2D eigenvalue weighted by molar-refractivity contribution is 7.41. The predicted octanol–water partition coefficient (Wildman–Crippen LogP) is 1.87. The van der Waals surface area contributed by atoms with Crippen molar-refractivity contribution < 1.29 is 9.09 Å². The minimum Gasteiger partial charge on any atom is -0.313 e. The fraction of sp³-hybridized carbons (Fsp3) is 1.00. The van der Waals surface area contributed by atoms with Crippen LogP contribution in [0.1, 0.15) is 0 Å². The fourth-order valence-corrected chi connectivity index (χ4v) is 0.895. The molecule has 0 heterocycles. The molecule has 2 nitrogen and oxygen atoms in total. The van der Waals surface area contributed by atoms with Gasteiger partial charge in [0.1, 0.15) is 6.07 Å². The van der Waals surface area contributed by atoms with E-state index in [1.807, 2.05) is 0 Å². The predicted molar refractivity (Wildman–Crippen MR) is 31.5 cm³/mol. The summed E-state index contributed by atoms with van der Waals surface area (Å²) in [4.78, 5) is 0. The van der Waals surface area contributed by atoms with E-state index < -0.39 is 8.03 Å². The summed E-state index contributed by atoms with van der Waals surface area (Å²) < 4.78 is 14.5. The first-order chi connectivity index (χ1) is 3.31. The molecular weight excluding hydrogens is 158 g/mol. The Morgan fingerprint density at radius 2 is 2.14 bits per heavy atom. The van der Waals surface area contributed by atoms with Crippen LogP contribution in [0.5, 0.6) is 0 Å². The smallest absolute Gasteiger partial charge is 0.207 e. The molecule has 0 aliphatic heterocycles. The van der Waals surface area contributed by atoms with E-state index in [-0.39, 0.29) is 11.7 Å². The van der Waals surface area contributed by atoms with Crippen LogP contribution in [0.15, 0.2) is 0 Å². The Morgan fingerprint density at radius 3 is 2.29 bits per heavy atom. The third kappa shape index (κ3) is 4.63. The molecule has 0 bridgehead atoms. The molecule has 44 valence electrons. The van der Waals surface area contributed by atoms with Crippen LogP contribution in [0, 0.1) is 0 Å². The quantitative estimate of drug-likeness (QED) is 0.468. The van der Waals surface area contributed by atoms with Crippen LogP contribution in [0.2, 0.25) is 0 Å². The summed E-state index contributed by atoms with van der Waals surface area (Å²) in [7, 11) is -2.00. The van der Waals surface area contributed by atoms with E-state index in [0.717, 1.165) is 0 Å². The minimum atomic E-state index is -2.00. The largest absolute Gasteiger partial charge is 0.313 e. The van der Waals surface area contributed by atoms with Crippen molar-refractivity contribution in [3.05, 3.63) is 0 Å². The minimum absolute atomic E-state index is 0.0372. The molecule has 0 saturated heterocycles. The molecule has 0 N–H and O–H groups in total. The van der Waals surface area contributed by atoms with Gasteiger partial charge in [0.2, 0.25) is 8.03 Å². The van der Waals surface area contributed by atoms with E-state index in [2.05, 4.69) is 4.52 Å². The van der Waals surface area contributed by atoms with E-state index in [4.69, 9.17) is 23.2 Å². The lowest BCUT2D eigenvalue weighted by molar-refractivity contribution is 0.396. The molecule has 0 spiro atoms. The molecule has 0 radical (unpaired) electrons. The Labute approximate surface area is 52.6 Å². The van der Waals surface area contributed by atoms with Gasteiger partial charge in [-0.05, 0) is 0 Å². The molecule has 0 aromatic heterocycles. The average Bonchev–Trinajstić information content (AvgIpc) is 1.68. The number of hydrogen-bond donors (Lipinski definition) is 0. The van der Waals surface area contributed by atoms with Crippen LogP contribution in [0.25, 0.3) is 0 Å². The Bertz CT molecular complexity index is 66.7. The molecule has 1 atom stereocenters. The Balaban J connectivity index is 3.00. The highest BCUT2D eigenvalue weighted by atomic mass is 35.5. The van der Waals surface area contributed by atoms with Crippen LogP contribution >= 0.6 is 31.2 Å². The summed E-state index contributed by atoms with van der Waals surface area (Å²) in [6.07, 6.45) is 0. The highest BCUT2D eigenvalue weighted by Gasteiger charge is 1.90. The van der Waals surface area contributed by atoms with E-state index in [1.165, 1.54) is 0 Å². The first-order valence-electron chi connectivity index (χ1n) is 1.58. The third-order valence-corrected chi connectivity index (χ3v) is 1.96. The van der Waals surface area contributed by atoms with Crippen molar-refractivity contribution in [3.63, 3.8) is 0 Å². The van der Waals surface area contributed by atoms with Crippen molar-refractivity contribution in [1.29, 1.82) is 0 Å². The number of hydrogen-bond acceptors (Lipinski definition) is 2. The maximum atomic E-state index is 10.2. The van der Waals surface area contributed by atoms with Gasteiger partial charge >= 0.3 is 0 Å². The van der Waals surface area contributed by atoms with Crippen molar-refractivity contribution >= 4 is 31.2 Å². The van der Waals surface area contributed by atoms with Gasteiger partial charge in [0.05, 0.1) is 5.62 Å². The number of halogens is 2. The Hall–Kier alpha value is 0.770. The molecule has 0 amide bonds. The Kier molecular flexibility index (Phi) is 5.46. The van der Waals surface area contributed by atoms with Crippen molar-refractivity contribution in [2.75, 3.05) is 11.7 Å². The first kappa shape index (κ1) is 7.77. The zero-order valence-corrected chi connectivity index (χ0v) is 6.00. The monoisotopic (exact) mass is 162 g/mol. The normalized spacial score (nSPS) is 14.0. The van der Waals surface area contributed by atoms with Crippen molar-refractivity contribution in [2.45, 2.75) is 0 Å². The summed E-state index contributed by atoms with van der Waals surface area (Å²) in [6, 6.07) is -0.0372. The average molecular weight is 163 g/mol. The zero-order valence-electron chi connectivity index (χ0n) is 3.49. The molecule has 1 unspecified atom stereocenters. The fourth-order valence-electron chi connectivity index (χ4n) is 0.0994. The maximum Gasteiger partial charge on any atom is 0.207 e. The molecule has 0 aromatic carbocycles. The van der Waals surface area contributed by atoms with E-state index >= 15 is 0 Å². The molecule has 0 aliphatic rings. The maximum absolute atomic E-state index is 10.2. The molecule has 5 heteroatoms. The zero-order chi connectivity index (χ0) is 5.70. The summed E-state index contributed by atoms with van der Waals surface area (Å²) in [5, 5.41) is 0. The number of rotatable bonds is 3. The van der Waals surface area contributed by atoms with Crippen LogP contribution in [0.3, 0.4) is 0 Å². The standard InChI is InChI=1S/C2H5Cl2O2P/c3-1-6-7(5)2-4/h7H,1-2H2. The Morgan fingerprint density at radius 1 is 1.57 bits per heavy atom. The van der Waals surface area contributed by atoms with Crippen LogP contribution < -0.4 is 0 Å². The third-order valence-electron chi connectivity index (χ3n) is 0.325. The number of alkyl halides is 2. The second-order valence-electron chi connectivity index (χ2n) is 0.759. The molecule has 7 heavy (non-hydrogen) atoms. The van der Waals surface area contributed by atoms with E-state index in [1.54, 1.807) is 0 Å². The molecule has 0 fully saturated rings. The van der Waals surface area contributed by atoms with Crippen molar-refractivity contribution in [1.82, 2.24) is 0 Å². The molecule has 0 aliphatic carbocycles. The summed E-state index contributed by atoms with van der Waals surface area (Å²) in [6.45, 7) is 0. The molecule has 0 rings (SSSR count). The highest BCUT2D eigenvalue weighted by Crippen LogP contribution is 2.22. The van der Waals surface area contributed by atoms with E-state index in [9.17, 15) is 4.57 Å². The van der Waals surface area contributed by atoms with Gasteiger partial charge in [-0.3, -0.25) is 4.57 Å². The van der Waals surface area contributed by atoms with Gasteiger partial charge in [-0.1, -0.05) is 11.6 Å². The van der Waals surface area contributed by atoms with Crippen LogP contribution in [-0.2, 0) is 9.09 Å². The summed E-state index contributed by atoms with van der Waals surface area (Å²) in [5.74, 6) is 0. The lowest BCUT2D eigenvalue weighted by Crippen LogP contribution is -1.72. The van der Waals surface area contributed by atoms with Gasteiger partial charge in [-0.25, -0.2) is 0 Å². The SMILES string of the molecule is O=[PH](CCl)OCCl. The summed E-state index contributed by atoms with van der Waals surface area (Å²) in [5.41, 5.74) is 0.0530.